The van der Waals surface area contributed by atoms with Gasteiger partial charge in [-0.25, -0.2) is 9.97 Å². The number of nitrogens with zero attached hydrogens (tertiary/aromatic N) is 3. The van der Waals surface area contributed by atoms with E-state index in [9.17, 15) is 5.11 Å². The molecule has 8 heteroatoms. The summed E-state index contributed by atoms with van der Waals surface area (Å²) in [7, 11) is 0. The Kier molecular flexibility index (Phi) is 6.33. The summed E-state index contributed by atoms with van der Waals surface area (Å²) >= 11 is 0. The van der Waals surface area contributed by atoms with Crippen molar-refractivity contribution in [2.24, 2.45) is 5.92 Å². The molecule has 0 saturated heterocycles. The quantitative estimate of drug-likeness (QED) is 0.636. The Balaban J connectivity index is 0.00000182. The molecule has 2 fully saturated rings. The largest absolute Gasteiger partial charge is 1.00 e. The molecule has 128 valence electrons. The Labute approximate surface area is 168 Å². The number of ether oxygens (including phenoxy) is 2. The second kappa shape index (κ2) is 8.49. The molecule has 0 N–H and O–H groups in total. The van der Waals surface area contributed by atoms with Crippen molar-refractivity contribution in [3.05, 3.63) is 18.5 Å². The van der Waals surface area contributed by atoms with Gasteiger partial charge >= 0.3 is 29.6 Å². The molecule has 0 atom stereocenters. The first-order valence-corrected chi connectivity index (χ1v) is 8.50. The second-order valence-corrected chi connectivity index (χ2v) is 6.59. The Morgan fingerprint density at radius 1 is 1.12 bits per heavy atom. The molecule has 0 unspecified atom stereocenters. The Morgan fingerprint density at radius 3 is 2.56 bits per heavy atom. The summed E-state index contributed by atoms with van der Waals surface area (Å²) < 4.78 is 16.6. The molecule has 2 aromatic rings. The van der Waals surface area contributed by atoms with Crippen molar-refractivity contribution in [3.8, 4) is 23.2 Å². The Hall–Kier alpha value is -1.15. The first-order valence-electron chi connectivity index (χ1n) is 8.50. The van der Waals surface area contributed by atoms with Crippen molar-refractivity contribution >= 4 is 0 Å². The third kappa shape index (κ3) is 4.73. The maximum atomic E-state index is 11.0. The smallest absolute Gasteiger partial charge is 0.856 e. The first kappa shape index (κ1) is 18.6. The van der Waals surface area contributed by atoms with Crippen LogP contribution in [-0.2, 0) is 4.74 Å². The molecule has 2 saturated carbocycles. The number of aromatic nitrogens is 3. The molecule has 2 aliphatic carbocycles. The van der Waals surface area contributed by atoms with Crippen LogP contribution >= 0.6 is 0 Å². The molecule has 0 aliphatic heterocycles. The van der Waals surface area contributed by atoms with Crippen LogP contribution in [0.15, 0.2) is 23.0 Å². The minimum atomic E-state index is -0.426. The molecule has 2 heterocycles. The van der Waals surface area contributed by atoms with E-state index in [0.717, 1.165) is 25.4 Å². The topological polar surface area (TPSA) is 93.3 Å². The molecule has 2 aromatic heterocycles. The van der Waals surface area contributed by atoms with Gasteiger partial charge in [0.25, 0.3) is 0 Å². The van der Waals surface area contributed by atoms with Gasteiger partial charge in [-0.1, -0.05) is 18.0 Å². The predicted molar refractivity (Wildman–Crippen MR) is 82.3 cm³/mol. The zero-order valence-corrected chi connectivity index (χ0v) is 16.4. The van der Waals surface area contributed by atoms with E-state index in [4.69, 9.17) is 14.0 Å². The maximum Gasteiger partial charge on any atom is 1.00 e. The van der Waals surface area contributed by atoms with E-state index < -0.39 is 5.88 Å². The van der Waals surface area contributed by atoms with Crippen LogP contribution in [0.4, 0.5) is 0 Å². The average Bonchev–Trinajstić information content (AvgIpc) is 3.21. The normalized spacial score (nSPS) is 23.0. The molecule has 4 rings (SSSR count). The molecule has 7 nitrogen and oxygen atoms in total. The summed E-state index contributed by atoms with van der Waals surface area (Å²) in [5.41, 5.74) is 0.461. The van der Waals surface area contributed by atoms with E-state index in [2.05, 4.69) is 15.1 Å². The maximum absolute atomic E-state index is 11.0. The molecule has 0 radical (unpaired) electrons. The molecular weight excluding hydrogens is 333 g/mol. The molecule has 0 bridgehead atoms. The van der Waals surface area contributed by atoms with Crippen LogP contribution in [0, 0.1) is 5.92 Å². The predicted octanol–water partition coefficient (Wildman–Crippen LogP) is -0.674. The van der Waals surface area contributed by atoms with Gasteiger partial charge in [0.2, 0.25) is 5.88 Å². The fraction of sp³-hybridized carbons (Fsp3) is 0.588. The molecule has 25 heavy (non-hydrogen) atoms. The zero-order chi connectivity index (χ0) is 16.4. The van der Waals surface area contributed by atoms with Crippen LogP contribution in [0.3, 0.4) is 0 Å². The Morgan fingerprint density at radius 2 is 1.92 bits per heavy atom. The summed E-state index contributed by atoms with van der Waals surface area (Å²) in [6.07, 6.45) is 10.6. The van der Waals surface area contributed by atoms with E-state index in [1.54, 1.807) is 0 Å². The first-order chi connectivity index (χ1) is 11.8. The number of hydrogen-bond donors (Lipinski definition) is 0. The van der Waals surface area contributed by atoms with E-state index in [0.29, 0.717) is 23.4 Å². The van der Waals surface area contributed by atoms with Gasteiger partial charge in [-0.3, -0.25) is 0 Å². The summed E-state index contributed by atoms with van der Waals surface area (Å²) in [5.74, 6) is 1.11. The van der Waals surface area contributed by atoms with Gasteiger partial charge < -0.3 is 19.1 Å². The van der Waals surface area contributed by atoms with Crippen LogP contribution < -0.4 is 39.4 Å². The standard InChI is InChI=1S/C17H21N3O4.Na/c21-16-7-15(24-20-16)14-8-19-17(9-18-14)23-13-5-12(6-13)22-10-11-3-1-2-4-11;/h7-9,11-13H,1-6,10H2,(H,20,21);/q;+1/p-1/t12-,13+;. The van der Waals surface area contributed by atoms with Gasteiger partial charge in [0.05, 0.1) is 18.5 Å². The van der Waals surface area contributed by atoms with Crippen molar-refractivity contribution in [2.45, 2.75) is 50.7 Å². The molecule has 0 spiro atoms. The number of rotatable bonds is 6. The van der Waals surface area contributed by atoms with Crippen LogP contribution in [-0.4, -0.2) is 33.9 Å². The zero-order valence-electron chi connectivity index (χ0n) is 14.4. The van der Waals surface area contributed by atoms with Crippen molar-refractivity contribution in [3.63, 3.8) is 0 Å². The fourth-order valence-corrected chi connectivity index (χ4v) is 3.25. The molecule has 0 aromatic carbocycles. The van der Waals surface area contributed by atoms with Crippen molar-refractivity contribution in [1.82, 2.24) is 15.1 Å². The van der Waals surface area contributed by atoms with Gasteiger partial charge in [0, 0.05) is 31.4 Å². The van der Waals surface area contributed by atoms with Gasteiger partial charge in [-0.05, 0) is 18.8 Å². The monoisotopic (exact) mass is 353 g/mol. The fourth-order valence-electron chi connectivity index (χ4n) is 3.25. The van der Waals surface area contributed by atoms with E-state index >= 15 is 0 Å². The Bertz CT molecular complexity index is 667. The van der Waals surface area contributed by atoms with Gasteiger partial charge in [0.1, 0.15) is 11.8 Å². The minimum Gasteiger partial charge on any atom is -0.856 e. The summed E-state index contributed by atoms with van der Waals surface area (Å²) in [4.78, 5) is 8.39. The molecule has 2 aliphatic rings. The van der Waals surface area contributed by atoms with E-state index in [1.165, 1.54) is 44.1 Å². The van der Waals surface area contributed by atoms with Gasteiger partial charge in [-0.2, -0.15) is 0 Å². The van der Waals surface area contributed by atoms with E-state index in [1.807, 2.05) is 0 Å². The third-order valence-electron chi connectivity index (χ3n) is 4.75. The summed E-state index contributed by atoms with van der Waals surface area (Å²) in [5, 5.41) is 14.3. The number of hydrogen-bond acceptors (Lipinski definition) is 7. The van der Waals surface area contributed by atoms with Gasteiger partial charge in [-0.15, -0.1) is 0 Å². The van der Waals surface area contributed by atoms with Crippen LogP contribution in [0.5, 0.6) is 11.8 Å². The van der Waals surface area contributed by atoms with Crippen molar-refractivity contribution in [2.75, 3.05) is 6.61 Å². The third-order valence-corrected chi connectivity index (χ3v) is 4.75. The van der Waals surface area contributed by atoms with Crippen LogP contribution in [0.1, 0.15) is 38.5 Å². The average molecular weight is 353 g/mol. The van der Waals surface area contributed by atoms with Crippen molar-refractivity contribution < 1.29 is 48.7 Å². The van der Waals surface area contributed by atoms with Crippen LogP contribution in [0.25, 0.3) is 11.5 Å². The molecular formula is C17H20N3NaO4. The SMILES string of the molecule is [Na+].[O-]c1cc(-c2cnc(O[C@H]3C[C@@H](OCC4CCCC4)C3)cn2)on1. The molecule has 0 amide bonds. The summed E-state index contributed by atoms with van der Waals surface area (Å²) in [6, 6.07) is 1.28. The minimum absolute atomic E-state index is 0. The van der Waals surface area contributed by atoms with Crippen LogP contribution in [0.2, 0.25) is 0 Å². The van der Waals surface area contributed by atoms with E-state index in [-0.39, 0.29) is 35.7 Å². The van der Waals surface area contributed by atoms with Crippen molar-refractivity contribution in [1.29, 1.82) is 0 Å². The second-order valence-electron chi connectivity index (χ2n) is 6.59. The summed E-state index contributed by atoms with van der Waals surface area (Å²) in [6.45, 7) is 0.894. The van der Waals surface area contributed by atoms with Gasteiger partial charge in [0.15, 0.2) is 5.76 Å².